The smallest absolute Gasteiger partial charge is 0.253 e. The first-order valence-corrected chi connectivity index (χ1v) is 14.5. The Balaban J connectivity index is 0.000000619. The van der Waals surface area contributed by atoms with Crippen molar-refractivity contribution in [3.05, 3.63) is 99.1 Å². The monoisotopic (exact) mass is 607 g/mol. The van der Waals surface area contributed by atoms with Crippen LogP contribution in [-0.4, -0.2) is 71.1 Å². The Morgan fingerprint density at radius 2 is 1.70 bits per heavy atom. The molecule has 0 aliphatic rings. The zero-order chi connectivity index (χ0) is 31.6. The molecule has 2 amide bonds. The summed E-state index contributed by atoms with van der Waals surface area (Å²) < 4.78 is 5.08. The lowest BCUT2D eigenvalue weighted by Gasteiger charge is -2.16. The summed E-state index contributed by atoms with van der Waals surface area (Å²) in [7, 11) is 4.25. The number of amides is 2. The number of methoxy groups -OCH3 is 1. The molecule has 0 unspecified atom stereocenters. The second-order valence-corrected chi connectivity index (χ2v) is 10.3. The van der Waals surface area contributed by atoms with E-state index in [1.165, 1.54) is 24.0 Å². The van der Waals surface area contributed by atoms with Gasteiger partial charge in [-0.3, -0.25) is 9.59 Å². The Bertz CT molecular complexity index is 1420. The number of rotatable bonds is 11. The van der Waals surface area contributed by atoms with Crippen molar-refractivity contribution in [1.29, 1.82) is 0 Å². The summed E-state index contributed by atoms with van der Waals surface area (Å²) in [6.07, 6.45) is 0.720. The first-order chi connectivity index (χ1) is 20.7. The van der Waals surface area contributed by atoms with Crippen LogP contribution >= 0.6 is 11.3 Å². The van der Waals surface area contributed by atoms with Crippen LogP contribution in [0.2, 0.25) is 0 Å². The van der Waals surface area contributed by atoms with Crippen molar-refractivity contribution in [3.63, 3.8) is 0 Å². The molecule has 12 heteroatoms. The number of aromatic nitrogens is 3. The van der Waals surface area contributed by atoms with Gasteiger partial charge < -0.3 is 31.1 Å². The molecule has 4 rings (SSSR count). The number of nitrogen functional groups attached to an aromatic ring is 1. The SMILES string of the molecule is CO.COc1cc(CNCCCNC(=O)c2cccc(C(=O)N(C)Cc3nc(C)cs3)c2)nc(N)n1.Cc1ccccc1. The van der Waals surface area contributed by atoms with Crippen LogP contribution in [0, 0.1) is 13.8 Å². The quantitative estimate of drug-likeness (QED) is 0.187. The molecular formula is C31H41N7O4S. The van der Waals surface area contributed by atoms with Crippen molar-refractivity contribution in [2.24, 2.45) is 0 Å². The van der Waals surface area contributed by atoms with E-state index < -0.39 is 0 Å². The van der Waals surface area contributed by atoms with Gasteiger partial charge in [0.05, 0.1) is 19.3 Å². The number of thiazole rings is 1. The molecule has 11 nitrogen and oxygen atoms in total. The molecule has 0 saturated carbocycles. The maximum Gasteiger partial charge on any atom is 0.253 e. The number of nitrogens with one attached hydrogen (secondary N) is 2. The summed E-state index contributed by atoms with van der Waals surface area (Å²) in [6.45, 7) is 6.10. The molecule has 5 N–H and O–H groups in total. The number of nitrogens with two attached hydrogens (primary N) is 1. The van der Waals surface area contributed by atoms with E-state index in [0.717, 1.165) is 29.9 Å². The van der Waals surface area contributed by atoms with E-state index in [9.17, 15) is 9.59 Å². The predicted octanol–water partition coefficient (Wildman–Crippen LogP) is 3.62. The van der Waals surface area contributed by atoms with Gasteiger partial charge >= 0.3 is 0 Å². The number of aryl methyl sites for hydroxylation is 2. The summed E-state index contributed by atoms with van der Waals surface area (Å²) in [5.41, 5.74) is 9.55. The van der Waals surface area contributed by atoms with E-state index in [1.54, 1.807) is 42.3 Å². The summed E-state index contributed by atoms with van der Waals surface area (Å²) in [4.78, 5) is 39.4. The number of carbonyl (C=O) groups excluding carboxylic acids is 2. The molecule has 0 radical (unpaired) electrons. The van der Waals surface area contributed by atoms with Gasteiger partial charge in [0.15, 0.2) is 0 Å². The average molecular weight is 608 g/mol. The molecule has 0 saturated heterocycles. The van der Waals surface area contributed by atoms with Crippen LogP contribution in [-0.2, 0) is 13.1 Å². The molecular weight excluding hydrogens is 566 g/mol. The topological polar surface area (TPSA) is 156 Å². The van der Waals surface area contributed by atoms with Gasteiger partial charge in [-0.05, 0) is 45.0 Å². The Morgan fingerprint density at radius 3 is 2.33 bits per heavy atom. The van der Waals surface area contributed by atoms with Crippen LogP contribution in [0.25, 0.3) is 0 Å². The third kappa shape index (κ3) is 12.6. The third-order valence-corrected chi connectivity index (χ3v) is 6.75. The molecule has 43 heavy (non-hydrogen) atoms. The van der Waals surface area contributed by atoms with Gasteiger partial charge in [-0.2, -0.15) is 4.98 Å². The molecule has 230 valence electrons. The number of hydrogen-bond donors (Lipinski definition) is 4. The Hall–Kier alpha value is -4.39. The van der Waals surface area contributed by atoms with Crippen LogP contribution in [0.15, 0.2) is 66.0 Å². The normalized spacial score (nSPS) is 10.0. The van der Waals surface area contributed by atoms with Gasteiger partial charge in [-0.1, -0.05) is 42.0 Å². The maximum absolute atomic E-state index is 12.8. The van der Waals surface area contributed by atoms with Crippen molar-refractivity contribution in [2.45, 2.75) is 33.4 Å². The lowest BCUT2D eigenvalue weighted by molar-refractivity contribution is 0.0785. The largest absolute Gasteiger partial charge is 0.481 e. The van der Waals surface area contributed by atoms with Crippen molar-refractivity contribution >= 4 is 29.1 Å². The maximum atomic E-state index is 12.8. The van der Waals surface area contributed by atoms with Crippen molar-refractivity contribution < 1.29 is 19.4 Å². The van der Waals surface area contributed by atoms with E-state index in [0.29, 0.717) is 43.2 Å². The van der Waals surface area contributed by atoms with Gasteiger partial charge in [0, 0.05) is 55.5 Å². The Labute approximate surface area is 257 Å². The fourth-order valence-electron chi connectivity index (χ4n) is 3.72. The highest BCUT2D eigenvalue weighted by atomic mass is 32.1. The fraction of sp³-hybridized carbons (Fsp3) is 0.323. The number of ether oxygens (including phenoxy) is 1. The summed E-state index contributed by atoms with van der Waals surface area (Å²) in [5, 5.41) is 16.0. The minimum atomic E-state index is -0.221. The molecule has 0 fully saturated rings. The van der Waals surface area contributed by atoms with Crippen molar-refractivity contribution in [1.82, 2.24) is 30.5 Å². The zero-order valence-electron chi connectivity index (χ0n) is 25.3. The van der Waals surface area contributed by atoms with Gasteiger partial charge in [0.25, 0.3) is 11.8 Å². The first-order valence-electron chi connectivity index (χ1n) is 13.6. The average Bonchev–Trinajstić information content (AvgIpc) is 3.43. The van der Waals surface area contributed by atoms with Gasteiger partial charge in [0.1, 0.15) is 5.01 Å². The number of nitrogens with zero attached hydrogens (tertiary/aromatic N) is 4. The molecule has 2 aromatic heterocycles. The predicted molar refractivity (Wildman–Crippen MR) is 170 cm³/mol. The first kappa shape index (κ1) is 34.8. The van der Waals surface area contributed by atoms with Gasteiger partial charge in [-0.15, -0.1) is 11.3 Å². The highest BCUT2D eigenvalue weighted by Crippen LogP contribution is 2.14. The zero-order valence-corrected chi connectivity index (χ0v) is 26.1. The number of anilines is 1. The van der Waals surface area contributed by atoms with Crippen LogP contribution in [0.1, 0.15) is 49.1 Å². The van der Waals surface area contributed by atoms with E-state index >= 15 is 0 Å². The summed E-state index contributed by atoms with van der Waals surface area (Å²) in [6, 6.07) is 18.7. The lowest BCUT2D eigenvalue weighted by atomic mass is 10.1. The number of aliphatic hydroxyl groups excluding tert-OH is 1. The molecule has 0 spiro atoms. The second-order valence-electron chi connectivity index (χ2n) is 9.33. The Morgan fingerprint density at radius 1 is 0.977 bits per heavy atom. The van der Waals surface area contributed by atoms with Crippen molar-refractivity contribution in [3.8, 4) is 5.88 Å². The molecule has 0 aliphatic heterocycles. The van der Waals surface area contributed by atoms with E-state index in [2.05, 4.69) is 44.6 Å². The summed E-state index contributed by atoms with van der Waals surface area (Å²) >= 11 is 1.52. The van der Waals surface area contributed by atoms with Crippen LogP contribution in [0.4, 0.5) is 5.95 Å². The van der Waals surface area contributed by atoms with Gasteiger partial charge in [0.2, 0.25) is 11.8 Å². The Kier molecular flexibility index (Phi) is 15.3. The second kappa shape index (κ2) is 18.9. The minimum Gasteiger partial charge on any atom is -0.481 e. The molecule has 4 aromatic rings. The molecule has 0 bridgehead atoms. The fourth-order valence-corrected chi connectivity index (χ4v) is 4.54. The van der Waals surface area contributed by atoms with Crippen LogP contribution in [0.5, 0.6) is 5.88 Å². The number of carbonyl (C=O) groups is 2. The van der Waals surface area contributed by atoms with Gasteiger partial charge in [-0.25, -0.2) is 9.97 Å². The highest BCUT2D eigenvalue weighted by molar-refractivity contribution is 7.09. The number of hydrogen-bond acceptors (Lipinski definition) is 10. The summed E-state index contributed by atoms with van der Waals surface area (Å²) in [5.74, 6) is 0.199. The lowest BCUT2D eigenvalue weighted by Crippen LogP contribution is -2.28. The number of benzene rings is 2. The molecule has 0 atom stereocenters. The molecule has 0 aliphatic carbocycles. The van der Waals surface area contributed by atoms with E-state index in [1.807, 2.05) is 30.5 Å². The van der Waals surface area contributed by atoms with Crippen LogP contribution < -0.4 is 21.1 Å². The minimum absolute atomic E-state index is 0.159. The standard InChI is InChI=1S/C23H29N7O3S.C7H8.CH4O/c1-15-14-34-20(27-15)13-30(2)22(32)17-7-4-6-16(10-17)21(31)26-9-5-8-25-12-18-11-19(33-3)29-23(24)28-18;1-7-5-3-2-4-6-7;1-2/h4,6-7,10-11,14,25H,5,8-9,12-13H2,1-3H3,(H,26,31)(H2,24,28,29);2-6H,1H3;2H,1H3. The van der Waals surface area contributed by atoms with E-state index in [-0.39, 0.29) is 17.8 Å². The molecule has 2 heterocycles. The third-order valence-electron chi connectivity index (χ3n) is 5.80. The van der Waals surface area contributed by atoms with Crippen molar-refractivity contribution in [2.75, 3.05) is 40.1 Å². The highest BCUT2D eigenvalue weighted by Gasteiger charge is 2.15. The number of aliphatic hydroxyl groups is 1. The van der Waals surface area contributed by atoms with E-state index in [4.69, 9.17) is 15.6 Å². The van der Waals surface area contributed by atoms with Crippen LogP contribution in [0.3, 0.4) is 0 Å². The molecule has 2 aromatic carbocycles.